The number of hydrogen-bond donors (Lipinski definition) is 1. The molecule has 2 rings (SSSR count). The Hall–Kier alpha value is -1.46. The highest BCUT2D eigenvalue weighted by Crippen LogP contribution is 2.21. The molecule has 0 atom stereocenters. The van der Waals surface area contributed by atoms with Gasteiger partial charge in [0.2, 0.25) is 0 Å². The number of rotatable bonds is 3. The molecule has 0 unspecified atom stereocenters. The topological polar surface area (TPSA) is 32.3 Å². The van der Waals surface area contributed by atoms with Gasteiger partial charge in [0.15, 0.2) is 5.11 Å². The van der Waals surface area contributed by atoms with Gasteiger partial charge < -0.3 is 5.32 Å². The number of nitrogens with one attached hydrogen (secondary N) is 1. The average Bonchev–Trinajstić information content (AvgIpc) is 2.79. The first-order valence-electron chi connectivity index (χ1n) is 5.13. The molecular weight excluding hydrogens is 252 g/mol. The predicted molar refractivity (Wildman–Crippen MR) is 74.7 cm³/mol. The fourth-order valence-corrected chi connectivity index (χ4v) is 2.66. The first-order valence-corrected chi connectivity index (χ1v) is 6.42. The van der Waals surface area contributed by atoms with E-state index in [1.807, 2.05) is 24.4 Å². The van der Waals surface area contributed by atoms with Crippen molar-refractivity contribution in [2.24, 2.45) is 0 Å². The largest absolute Gasteiger partial charge is 0.328 e. The Morgan fingerprint density at radius 1 is 1.65 bits per heavy atom. The van der Waals surface area contributed by atoms with E-state index in [1.54, 1.807) is 17.4 Å². The molecule has 1 aromatic heterocycles. The Morgan fingerprint density at radius 3 is 3.00 bits per heavy atom. The second-order valence-electron chi connectivity index (χ2n) is 3.66. The first kappa shape index (κ1) is 12.0. The third-order valence-electron chi connectivity index (χ3n) is 2.45. The van der Waals surface area contributed by atoms with Gasteiger partial charge in [-0.2, -0.15) is 0 Å². The van der Waals surface area contributed by atoms with E-state index >= 15 is 0 Å². The second kappa shape index (κ2) is 4.81. The van der Waals surface area contributed by atoms with Gasteiger partial charge in [0.25, 0.3) is 5.91 Å². The van der Waals surface area contributed by atoms with E-state index in [4.69, 9.17) is 12.2 Å². The Labute approximate surface area is 109 Å². The lowest BCUT2D eigenvalue weighted by atomic mass is 10.2. The molecule has 1 aromatic rings. The van der Waals surface area contributed by atoms with E-state index in [-0.39, 0.29) is 5.91 Å². The maximum Gasteiger partial charge on any atom is 0.276 e. The Morgan fingerprint density at radius 2 is 2.41 bits per heavy atom. The summed E-state index contributed by atoms with van der Waals surface area (Å²) < 4.78 is 0. The Bertz CT molecular complexity index is 516. The molecule has 1 fully saturated rings. The number of amides is 1. The van der Waals surface area contributed by atoms with E-state index in [2.05, 4.69) is 11.9 Å². The van der Waals surface area contributed by atoms with Crippen LogP contribution in [0, 0.1) is 6.92 Å². The summed E-state index contributed by atoms with van der Waals surface area (Å²) in [6, 6.07) is 2.02. The van der Waals surface area contributed by atoms with Gasteiger partial charge in [-0.25, -0.2) is 0 Å². The quantitative estimate of drug-likeness (QED) is 0.516. The van der Waals surface area contributed by atoms with Crippen molar-refractivity contribution >= 4 is 40.7 Å². The van der Waals surface area contributed by atoms with Crippen molar-refractivity contribution in [2.75, 3.05) is 6.54 Å². The van der Waals surface area contributed by atoms with Crippen molar-refractivity contribution in [1.29, 1.82) is 0 Å². The van der Waals surface area contributed by atoms with Crippen LogP contribution in [0.3, 0.4) is 0 Å². The normalized spacial score (nSPS) is 17.7. The summed E-state index contributed by atoms with van der Waals surface area (Å²) >= 11 is 6.70. The van der Waals surface area contributed by atoms with Crippen molar-refractivity contribution < 1.29 is 4.79 Å². The van der Waals surface area contributed by atoms with E-state index in [0.717, 1.165) is 10.4 Å². The van der Waals surface area contributed by atoms with Crippen LogP contribution in [0.5, 0.6) is 0 Å². The summed E-state index contributed by atoms with van der Waals surface area (Å²) in [6.45, 7) is 6.06. The minimum absolute atomic E-state index is 0.0947. The molecule has 1 aliphatic rings. The van der Waals surface area contributed by atoms with Crippen LogP contribution in [0.2, 0.25) is 0 Å². The highest BCUT2D eigenvalue weighted by atomic mass is 32.1. The molecule has 0 aliphatic carbocycles. The minimum atomic E-state index is -0.0947. The van der Waals surface area contributed by atoms with Gasteiger partial charge >= 0.3 is 0 Å². The van der Waals surface area contributed by atoms with Gasteiger partial charge in [-0.1, -0.05) is 6.08 Å². The SMILES string of the molecule is C=CCN1C(=O)C(=Cc2sccc2C)NC1=S. The van der Waals surface area contributed by atoms with Crippen molar-refractivity contribution in [3.63, 3.8) is 0 Å². The molecule has 3 nitrogen and oxygen atoms in total. The molecule has 0 radical (unpaired) electrons. The highest BCUT2D eigenvalue weighted by Gasteiger charge is 2.29. The fraction of sp³-hybridized carbons (Fsp3) is 0.167. The van der Waals surface area contributed by atoms with Crippen LogP contribution >= 0.6 is 23.6 Å². The van der Waals surface area contributed by atoms with Gasteiger partial charge in [-0.3, -0.25) is 9.69 Å². The molecule has 17 heavy (non-hydrogen) atoms. The molecule has 1 saturated heterocycles. The maximum absolute atomic E-state index is 12.0. The van der Waals surface area contributed by atoms with Crippen LogP contribution in [0.15, 0.2) is 29.8 Å². The molecule has 1 aliphatic heterocycles. The molecule has 0 spiro atoms. The number of carbonyl (C=O) groups excluding carboxylic acids is 1. The van der Waals surface area contributed by atoms with Crippen molar-refractivity contribution in [3.05, 3.63) is 40.2 Å². The molecule has 1 N–H and O–H groups in total. The van der Waals surface area contributed by atoms with Crippen LogP contribution in [0.25, 0.3) is 6.08 Å². The average molecular weight is 264 g/mol. The summed E-state index contributed by atoms with van der Waals surface area (Å²) in [5.41, 5.74) is 1.69. The summed E-state index contributed by atoms with van der Waals surface area (Å²) in [6.07, 6.45) is 3.50. The second-order valence-corrected chi connectivity index (χ2v) is 4.99. The number of hydrogen-bond acceptors (Lipinski definition) is 3. The van der Waals surface area contributed by atoms with Crippen molar-refractivity contribution in [2.45, 2.75) is 6.92 Å². The molecule has 0 aromatic carbocycles. The molecule has 1 amide bonds. The maximum atomic E-state index is 12.0. The number of aryl methyl sites for hydroxylation is 1. The van der Waals surface area contributed by atoms with Gasteiger partial charge in [-0.15, -0.1) is 17.9 Å². The third-order valence-corrected chi connectivity index (χ3v) is 3.74. The Kier molecular flexibility index (Phi) is 3.40. The summed E-state index contributed by atoms with van der Waals surface area (Å²) in [7, 11) is 0. The lowest BCUT2D eigenvalue weighted by Gasteiger charge is -2.09. The fourth-order valence-electron chi connectivity index (χ4n) is 1.53. The van der Waals surface area contributed by atoms with Gasteiger partial charge in [0.1, 0.15) is 5.70 Å². The van der Waals surface area contributed by atoms with E-state index in [1.165, 1.54) is 4.90 Å². The summed E-state index contributed by atoms with van der Waals surface area (Å²) in [5, 5.41) is 5.37. The first-order chi connectivity index (χ1) is 8.13. The monoisotopic (exact) mass is 264 g/mol. The summed E-state index contributed by atoms with van der Waals surface area (Å²) in [5.74, 6) is -0.0947. The number of carbonyl (C=O) groups is 1. The smallest absolute Gasteiger partial charge is 0.276 e. The van der Waals surface area contributed by atoms with E-state index in [0.29, 0.717) is 17.4 Å². The molecule has 0 bridgehead atoms. The molecule has 0 saturated carbocycles. The van der Waals surface area contributed by atoms with Gasteiger partial charge in [0.05, 0.1) is 0 Å². The number of nitrogens with zero attached hydrogens (tertiary/aromatic N) is 1. The van der Waals surface area contributed by atoms with Crippen molar-refractivity contribution in [1.82, 2.24) is 10.2 Å². The predicted octanol–water partition coefficient (Wildman–Crippen LogP) is 2.30. The lowest BCUT2D eigenvalue weighted by Crippen LogP contribution is -2.30. The number of thiocarbonyl (C=S) groups is 1. The lowest BCUT2D eigenvalue weighted by molar-refractivity contribution is -0.122. The molecule has 5 heteroatoms. The van der Waals surface area contributed by atoms with Gasteiger partial charge in [0, 0.05) is 11.4 Å². The van der Waals surface area contributed by atoms with E-state index in [9.17, 15) is 4.79 Å². The van der Waals surface area contributed by atoms with Crippen LogP contribution in [0.4, 0.5) is 0 Å². The van der Waals surface area contributed by atoms with Crippen LogP contribution < -0.4 is 5.32 Å². The third kappa shape index (κ3) is 2.30. The standard InChI is InChI=1S/C12H12N2OS2/c1-3-5-14-11(15)9(13-12(14)16)7-10-8(2)4-6-17-10/h3-4,6-7H,1,5H2,2H3,(H,13,16). The molecule has 88 valence electrons. The zero-order chi connectivity index (χ0) is 12.4. The zero-order valence-electron chi connectivity index (χ0n) is 9.40. The van der Waals surface area contributed by atoms with Crippen LogP contribution in [0.1, 0.15) is 10.4 Å². The van der Waals surface area contributed by atoms with Gasteiger partial charge in [-0.05, 0) is 42.2 Å². The number of thiophene rings is 1. The van der Waals surface area contributed by atoms with Crippen molar-refractivity contribution in [3.8, 4) is 0 Å². The molecular formula is C12H12N2OS2. The molecule has 2 heterocycles. The van der Waals surface area contributed by atoms with Crippen LogP contribution in [-0.4, -0.2) is 22.5 Å². The van der Waals surface area contributed by atoms with E-state index < -0.39 is 0 Å². The summed E-state index contributed by atoms with van der Waals surface area (Å²) in [4.78, 5) is 14.6. The highest BCUT2D eigenvalue weighted by molar-refractivity contribution is 7.80. The Balaban J connectivity index is 2.28. The zero-order valence-corrected chi connectivity index (χ0v) is 11.0. The van der Waals surface area contributed by atoms with Crippen LogP contribution in [-0.2, 0) is 4.79 Å². The minimum Gasteiger partial charge on any atom is -0.328 e.